The Bertz CT molecular complexity index is 717. The first-order chi connectivity index (χ1) is 9.42. The summed E-state index contributed by atoms with van der Waals surface area (Å²) in [4.78, 5) is 12.2. The molecule has 0 unspecified atom stereocenters. The van der Waals surface area contributed by atoms with Gasteiger partial charge in [-0.15, -0.1) is 11.3 Å². The fourth-order valence-corrected chi connectivity index (χ4v) is 3.90. The first-order valence-electron chi connectivity index (χ1n) is 5.70. The van der Waals surface area contributed by atoms with Gasteiger partial charge >= 0.3 is 5.97 Å². The zero-order chi connectivity index (χ0) is 14.8. The zero-order valence-corrected chi connectivity index (χ0v) is 12.5. The highest BCUT2D eigenvalue weighted by Crippen LogP contribution is 2.23. The molecule has 0 radical (unpaired) electrons. The minimum Gasteiger partial charge on any atom is -0.465 e. The maximum atomic E-state index is 12.1. The van der Waals surface area contributed by atoms with Crippen LogP contribution in [0.3, 0.4) is 0 Å². The van der Waals surface area contributed by atoms with E-state index in [4.69, 9.17) is 0 Å². The Morgan fingerprint density at radius 2 is 1.80 bits per heavy atom. The van der Waals surface area contributed by atoms with Gasteiger partial charge in [0.2, 0.25) is 0 Å². The molecule has 0 saturated carbocycles. The number of anilines is 1. The van der Waals surface area contributed by atoms with Gasteiger partial charge in [0.25, 0.3) is 10.0 Å². The molecule has 0 fully saturated rings. The Hall–Kier alpha value is -1.86. The molecule has 0 bridgehead atoms. The molecule has 2 aromatic rings. The third-order valence-corrected chi connectivity index (χ3v) is 5.41. The van der Waals surface area contributed by atoms with Crippen LogP contribution in [-0.2, 0) is 14.8 Å². The van der Waals surface area contributed by atoms with Crippen LogP contribution in [0.1, 0.15) is 15.2 Å². The molecule has 0 amide bonds. The monoisotopic (exact) mass is 311 g/mol. The number of rotatable bonds is 4. The number of carbonyl (C=O) groups is 1. The summed E-state index contributed by atoms with van der Waals surface area (Å²) in [5.74, 6) is -0.465. The molecule has 1 aromatic carbocycles. The second kappa shape index (κ2) is 5.64. The quantitative estimate of drug-likeness (QED) is 0.881. The van der Waals surface area contributed by atoms with Gasteiger partial charge in [-0.1, -0.05) is 0 Å². The first kappa shape index (κ1) is 14.5. The number of sulfonamides is 1. The van der Waals surface area contributed by atoms with E-state index < -0.39 is 16.0 Å². The highest BCUT2D eigenvalue weighted by molar-refractivity contribution is 7.94. The third-order valence-electron chi connectivity index (χ3n) is 2.54. The van der Waals surface area contributed by atoms with Crippen LogP contribution in [0.4, 0.5) is 5.69 Å². The molecular formula is C13H13NO4S2. The van der Waals surface area contributed by atoms with Crippen molar-refractivity contribution in [1.29, 1.82) is 0 Å². The zero-order valence-electron chi connectivity index (χ0n) is 10.9. The number of carbonyl (C=O) groups excluding carboxylic acids is 1. The molecule has 20 heavy (non-hydrogen) atoms. The van der Waals surface area contributed by atoms with E-state index in [1.54, 1.807) is 12.1 Å². The Morgan fingerprint density at radius 3 is 2.30 bits per heavy atom. The van der Waals surface area contributed by atoms with Crippen molar-refractivity contribution in [3.8, 4) is 0 Å². The standard InChI is InChI=1S/C13H13NO4S2/c1-9-3-8-12(19-9)20(16,17)14-11-6-4-10(5-7-11)13(15)18-2/h3-8,14H,1-2H3. The number of nitrogens with one attached hydrogen (secondary N) is 1. The van der Waals surface area contributed by atoms with Crippen molar-refractivity contribution in [1.82, 2.24) is 0 Å². The maximum Gasteiger partial charge on any atom is 0.337 e. The minimum atomic E-state index is -3.58. The Balaban J connectivity index is 2.20. The van der Waals surface area contributed by atoms with Gasteiger partial charge in [0, 0.05) is 10.6 Å². The van der Waals surface area contributed by atoms with Crippen molar-refractivity contribution in [3.05, 3.63) is 46.8 Å². The van der Waals surface area contributed by atoms with Crippen molar-refractivity contribution < 1.29 is 17.9 Å². The smallest absolute Gasteiger partial charge is 0.337 e. The van der Waals surface area contributed by atoms with Crippen molar-refractivity contribution in [3.63, 3.8) is 0 Å². The van der Waals surface area contributed by atoms with Crippen LogP contribution in [0, 0.1) is 6.92 Å². The molecule has 0 spiro atoms. The Labute approximate surface area is 121 Å². The van der Waals surface area contributed by atoms with E-state index in [9.17, 15) is 13.2 Å². The lowest BCUT2D eigenvalue weighted by Crippen LogP contribution is -2.11. The summed E-state index contributed by atoms with van der Waals surface area (Å²) in [5.41, 5.74) is 0.756. The van der Waals surface area contributed by atoms with E-state index in [-0.39, 0.29) is 4.21 Å². The van der Waals surface area contributed by atoms with Gasteiger partial charge in [-0.3, -0.25) is 4.72 Å². The van der Waals surface area contributed by atoms with Crippen molar-refractivity contribution >= 4 is 33.0 Å². The summed E-state index contributed by atoms with van der Waals surface area (Å²) in [6, 6.07) is 9.35. The number of methoxy groups -OCH3 is 1. The van der Waals surface area contributed by atoms with Gasteiger partial charge in [-0.05, 0) is 43.3 Å². The number of benzene rings is 1. The summed E-state index contributed by atoms with van der Waals surface area (Å²) in [7, 11) is -2.29. The molecule has 0 aliphatic rings. The molecular weight excluding hydrogens is 298 g/mol. The van der Waals surface area contributed by atoms with Crippen LogP contribution >= 0.6 is 11.3 Å². The predicted molar refractivity (Wildman–Crippen MR) is 77.6 cm³/mol. The van der Waals surface area contributed by atoms with E-state index in [0.29, 0.717) is 11.3 Å². The molecule has 0 aliphatic carbocycles. The molecule has 0 saturated heterocycles. The highest BCUT2D eigenvalue weighted by atomic mass is 32.2. The number of thiophene rings is 1. The van der Waals surface area contributed by atoms with Gasteiger partial charge < -0.3 is 4.74 Å². The highest BCUT2D eigenvalue weighted by Gasteiger charge is 2.16. The summed E-state index contributed by atoms with van der Waals surface area (Å²) in [5, 5.41) is 0. The van der Waals surface area contributed by atoms with Crippen molar-refractivity contribution in [2.75, 3.05) is 11.8 Å². The molecule has 1 heterocycles. The Kier molecular flexibility index (Phi) is 4.10. The fourth-order valence-electron chi connectivity index (χ4n) is 1.55. The van der Waals surface area contributed by atoms with Gasteiger partial charge in [-0.25, -0.2) is 13.2 Å². The van der Waals surface area contributed by atoms with E-state index in [1.165, 1.54) is 42.7 Å². The topological polar surface area (TPSA) is 72.5 Å². The third kappa shape index (κ3) is 3.17. The summed E-state index contributed by atoms with van der Waals surface area (Å²) < 4.78 is 31.5. The van der Waals surface area contributed by atoms with Crippen molar-refractivity contribution in [2.45, 2.75) is 11.1 Å². The normalized spacial score (nSPS) is 11.1. The number of hydrogen-bond acceptors (Lipinski definition) is 5. The lowest BCUT2D eigenvalue weighted by molar-refractivity contribution is 0.0601. The second-order valence-electron chi connectivity index (χ2n) is 4.04. The van der Waals surface area contributed by atoms with Gasteiger partial charge in [0.15, 0.2) is 0 Å². The van der Waals surface area contributed by atoms with Crippen LogP contribution in [0.25, 0.3) is 0 Å². The van der Waals surface area contributed by atoms with E-state index in [0.717, 1.165) is 4.88 Å². The second-order valence-corrected chi connectivity index (χ2v) is 7.24. The van der Waals surface area contributed by atoms with Crippen LogP contribution in [0.5, 0.6) is 0 Å². The van der Waals surface area contributed by atoms with Crippen LogP contribution in [0.2, 0.25) is 0 Å². The largest absolute Gasteiger partial charge is 0.465 e. The van der Waals surface area contributed by atoms with Crippen LogP contribution in [0.15, 0.2) is 40.6 Å². The lowest BCUT2D eigenvalue weighted by Gasteiger charge is -2.06. The number of ether oxygens (including phenoxy) is 1. The molecule has 106 valence electrons. The molecule has 7 heteroatoms. The summed E-state index contributed by atoms with van der Waals surface area (Å²) in [6.45, 7) is 1.84. The average molecular weight is 311 g/mol. The number of aryl methyl sites for hydroxylation is 1. The number of esters is 1. The van der Waals surface area contributed by atoms with Crippen molar-refractivity contribution in [2.24, 2.45) is 0 Å². The number of hydrogen-bond donors (Lipinski definition) is 1. The molecule has 2 rings (SSSR count). The van der Waals surface area contributed by atoms with E-state index >= 15 is 0 Å². The molecule has 0 atom stereocenters. The van der Waals surface area contributed by atoms with Crippen LogP contribution in [-0.4, -0.2) is 21.5 Å². The first-order valence-corrected chi connectivity index (χ1v) is 8.00. The van der Waals surface area contributed by atoms with Gasteiger partial charge in [0.05, 0.1) is 12.7 Å². The summed E-state index contributed by atoms with van der Waals surface area (Å²) in [6.07, 6.45) is 0. The lowest BCUT2D eigenvalue weighted by atomic mass is 10.2. The summed E-state index contributed by atoms with van der Waals surface area (Å²) >= 11 is 1.20. The van der Waals surface area contributed by atoms with Crippen LogP contribution < -0.4 is 4.72 Å². The predicted octanol–water partition coefficient (Wildman–Crippen LogP) is 2.64. The van der Waals surface area contributed by atoms with E-state index in [1.807, 2.05) is 6.92 Å². The molecule has 1 aromatic heterocycles. The maximum absolute atomic E-state index is 12.1. The van der Waals surface area contributed by atoms with Gasteiger partial charge in [-0.2, -0.15) is 0 Å². The minimum absolute atomic E-state index is 0.257. The van der Waals surface area contributed by atoms with E-state index in [2.05, 4.69) is 9.46 Å². The molecule has 0 aliphatic heterocycles. The fraction of sp³-hybridized carbons (Fsp3) is 0.154. The molecule has 5 nitrogen and oxygen atoms in total. The Morgan fingerprint density at radius 1 is 1.15 bits per heavy atom. The average Bonchev–Trinajstić information content (AvgIpc) is 2.86. The molecule has 1 N–H and O–H groups in total. The SMILES string of the molecule is COC(=O)c1ccc(NS(=O)(=O)c2ccc(C)s2)cc1. The van der Waals surface area contributed by atoms with Gasteiger partial charge in [0.1, 0.15) is 4.21 Å².